The van der Waals surface area contributed by atoms with Crippen molar-refractivity contribution < 1.29 is 0 Å². The molecular formula is C20H24N6. The van der Waals surface area contributed by atoms with Gasteiger partial charge in [0.1, 0.15) is 5.82 Å². The Morgan fingerprint density at radius 1 is 1.35 bits per heavy atom. The van der Waals surface area contributed by atoms with Crippen LogP contribution in [0.1, 0.15) is 37.3 Å². The molecule has 0 saturated heterocycles. The van der Waals surface area contributed by atoms with Crippen LogP contribution in [0.3, 0.4) is 0 Å². The van der Waals surface area contributed by atoms with Gasteiger partial charge in [0.05, 0.1) is 23.4 Å². The van der Waals surface area contributed by atoms with Gasteiger partial charge in [-0.15, -0.1) is 0 Å². The molecule has 2 rings (SSSR count). The van der Waals surface area contributed by atoms with Crippen LogP contribution in [0, 0.1) is 23.2 Å². The molecule has 0 aliphatic carbocycles. The zero-order chi connectivity index (χ0) is 18.8. The van der Waals surface area contributed by atoms with E-state index in [1.807, 2.05) is 19.2 Å². The van der Waals surface area contributed by atoms with Gasteiger partial charge in [0.2, 0.25) is 5.95 Å². The summed E-state index contributed by atoms with van der Waals surface area (Å²) in [4.78, 5) is 11.1. The minimum absolute atomic E-state index is 0.477. The molecule has 1 aromatic carbocycles. The predicted octanol–water partition coefficient (Wildman–Crippen LogP) is 3.03. The lowest BCUT2D eigenvalue weighted by molar-refractivity contribution is 0.833. The lowest BCUT2D eigenvalue weighted by Gasteiger charge is -2.19. The quantitative estimate of drug-likeness (QED) is 0.590. The second-order valence-electron chi connectivity index (χ2n) is 5.86. The summed E-state index contributed by atoms with van der Waals surface area (Å²) in [6.45, 7) is 3.63. The molecule has 0 amide bonds. The molecule has 0 bridgehead atoms. The van der Waals surface area contributed by atoms with E-state index >= 15 is 0 Å². The maximum atomic E-state index is 9.02. The Balaban J connectivity index is 2.29. The molecule has 0 atom stereocenters. The van der Waals surface area contributed by atoms with Crippen molar-refractivity contribution in [1.82, 2.24) is 9.97 Å². The molecule has 0 fully saturated rings. The number of unbranched alkanes of at least 4 members (excludes halogenated alkanes) is 1. The number of nitrogens with zero attached hydrogens (tertiary/aromatic N) is 4. The molecule has 134 valence electrons. The van der Waals surface area contributed by atoms with Crippen LogP contribution in [0.15, 0.2) is 30.5 Å². The fourth-order valence-corrected chi connectivity index (χ4v) is 2.40. The highest BCUT2D eigenvalue weighted by molar-refractivity contribution is 5.61. The number of nitrogens with one attached hydrogen (secondary N) is 1. The van der Waals surface area contributed by atoms with E-state index in [2.05, 4.69) is 45.0 Å². The SMILES string of the molecule is CCCN(C)c1nc(Nc2cccc(C#N)c2)ncc1C#CCCCN. The van der Waals surface area contributed by atoms with Gasteiger partial charge in [-0.3, -0.25) is 0 Å². The van der Waals surface area contributed by atoms with Gasteiger partial charge in [0.15, 0.2) is 0 Å². The van der Waals surface area contributed by atoms with Crippen LogP contribution >= 0.6 is 0 Å². The van der Waals surface area contributed by atoms with Gasteiger partial charge in [-0.25, -0.2) is 4.98 Å². The van der Waals surface area contributed by atoms with Gasteiger partial charge >= 0.3 is 0 Å². The Labute approximate surface area is 155 Å². The van der Waals surface area contributed by atoms with Gasteiger partial charge in [-0.05, 0) is 37.6 Å². The second kappa shape index (κ2) is 10.0. The van der Waals surface area contributed by atoms with Crippen molar-refractivity contribution in [2.75, 3.05) is 30.4 Å². The molecule has 0 aliphatic heterocycles. The van der Waals surface area contributed by atoms with Crippen molar-refractivity contribution in [3.05, 3.63) is 41.6 Å². The Hall–Kier alpha value is -3.09. The summed E-state index contributed by atoms with van der Waals surface area (Å²) in [5.41, 5.74) is 7.67. The molecule has 3 N–H and O–H groups in total. The van der Waals surface area contributed by atoms with Crippen LogP contribution in [0.2, 0.25) is 0 Å². The average molecular weight is 348 g/mol. The summed E-state index contributed by atoms with van der Waals surface area (Å²) in [7, 11) is 2.00. The van der Waals surface area contributed by atoms with Crippen molar-refractivity contribution in [1.29, 1.82) is 5.26 Å². The third-order valence-electron chi connectivity index (χ3n) is 3.67. The number of nitrogens with two attached hydrogens (primary N) is 1. The summed E-state index contributed by atoms with van der Waals surface area (Å²) < 4.78 is 0. The number of nitriles is 1. The van der Waals surface area contributed by atoms with Crippen LogP contribution in [-0.2, 0) is 0 Å². The highest BCUT2D eigenvalue weighted by Crippen LogP contribution is 2.20. The average Bonchev–Trinajstić information content (AvgIpc) is 2.66. The first kappa shape index (κ1) is 19.2. The van der Waals surface area contributed by atoms with E-state index in [1.54, 1.807) is 18.3 Å². The monoisotopic (exact) mass is 348 g/mol. The standard InChI is InChI=1S/C20H24N6/c1-3-12-26(2)19-17(9-5-4-6-11-21)15-23-20(25-19)24-18-10-7-8-16(13-18)14-22/h7-8,10,13,15H,3-4,6,11-12,21H2,1-2H3,(H,23,24,25). The third kappa shape index (κ3) is 5.47. The Morgan fingerprint density at radius 3 is 2.92 bits per heavy atom. The topological polar surface area (TPSA) is 90.9 Å². The van der Waals surface area contributed by atoms with E-state index in [-0.39, 0.29) is 0 Å². The first-order valence-electron chi connectivity index (χ1n) is 8.72. The molecule has 26 heavy (non-hydrogen) atoms. The molecule has 2 aromatic rings. The lowest BCUT2D eigenvalue weighted by atomic mass is 10.2. The number of anilines is 3. The van der Waals surface area contributed by atoms with Gasteiger partial charge in [0, 0.05) is 25.7 Å². The minimum atomic E-state index is 0.477. The minimum Gasteiger partial charge on any atom is -0.358 e. The van der Waals surface area contributed by atoms with Crippen LogP contribution in [0.4, 0.5) is 17.5 Å². The van der Waals surface area contributed by atoms with Gasteiger partial charge in [-0.1, -0.05) is 24.8 Å². The van der Waals surface area contributed by atoms with Crippen molar-refractivity contribution >= 4 is 17.5 Å². The summed E-state index contributed by atoms with van der Waals surface area (Å²) in [6.07, 6.45) is 4.38. The van der Waals surface area contributed by atoms with Crippen molar-refractivity contribution in [2.45, 2.75) is 26.2 Å². The summed E-state index contributed by atoms with van der Waals surface area (Å²) in [6, 6.07) is 9.34. The molecule has 0 unspecified atom stereocenters. The van der Waals surface area contributed by atoms with E-state index in [1.165, 1.54) is 0 Å². The molecule has 1 aromatic heterocycles. The van der Waals surface area contributed by atoms with Crippen LogP contribution in [-0.4, -0.2) is 30.1 Å². The van der Waals surface area contributed by atoms with E-state index < -0.39 is 0 Å². The Bertz CT molecular complexity index is 828. The van der Waals surface area contributed by atoms with Crippen LogP contribution < -0.4 is 16.0 Å². The molecule has 1 heterocycles. The lowest BCUT2D eigenvalue weighted by Crippen LogP contribution is -2.21. The van der Waals surface area contributed by atoms with Gasteiger partial charge in [0.25, 0.3) is 0 Å². The first-order valence-corrected chi connectivity index (χ1v) is 8.72. The number of hydrogen-bond acceptors (Lipinski definition) is 6. The smallest absolute Gasteiger partial charge is 0.229 e. The largest absolute Gasteiger partial charge is 0.358 e. The van der Waals surface area contributed by atoms with E-state index in [0.717, 1.165) is 42.9 Å². The molecule has 0 saturated carbocycles. The highest BCUT2D eigenvalue weighted by Gasteiger charge is 2.10. The third-order valence-corrected chi connectivity index (χ3v) is 3.67. The molecule has 6 heteroatoms. The maximum absolute atomic E-state index is 9.02. The fourth-order valence-electron chi connectivity index (χ4n) is 2.40. The van der Waals surface area contributed by atoms with Gasteiger partial charge in [-0.2, -0.15) is 10.2 Å². The molecule has 0 aliphatic rings. The molecular weight excluding hydrogens is 324 g/mol. The van der Waals surface area contributed by atoms with Crippen LogP contribution in [0.25, 0.3) is 0 Å². The normalized spacial score (nSPS) is 9.77. The maximum Gasteiger partial charge on any atom is 0.229 e. The van der Waals surface area contributed by atoms with Crippen molar-refractivity contribution in [2.24, 2.45) is 5.73 Å². The van der Waals surface area contributed by atoms with E-state index in [9.17, 15) is 0 Å². The molecule has 0 radical (unpaired) electrons. The summed E-state index contributed by atoms with van der Waals surface area (Å²) in [5, 5.41) is 12.2. The fraction of sp³-hybridized carbons (Fsp3) is 0.350. The second-order valence-corrected chi connectivity index (χ2v) is 5.86. The van der Waals surface area contributed by atoms with Gasteiger partial charge < -0.3 is 16.0 Å². The Kier molecular flexibility index (Phi) is 7.42. The highest BCUT2D eigenvalue weighted by atomic mass is 15.2. The van der Waals surface area contributed by atoms with Crippen molar-refractivity contribution in [3.63, 3.8) is 0 Å². The van der Waals surface area contributed by atoms with E-state index in [4.69, 9.17) is 11.0 Å². The van der Waals surface area contributed by atoms with Crippen LogP contribution in [0.5, 0.6) is 0 Å². The number of aromatic nitrogens is 2. The number of benzene rings is 1. The zero-order valence-electron chi connectivity index (χ0n) is 15.3. The zero-order valence-corrected chi connectivity index (χ0v) is 15.3. The number of hydrogen-bond donors (Lipinski definition) is 2. The summed E-state index contributed by atoms with van der Waals surface area (Å²) >= 11 is 0. The summed E-state index contributed by atoms with van der Waals surface area (Å²) in [5.74, 6) is 7.55. The Morgan fingerprint density at radius 2 is 2.19 bits per heavy atom. The molecule has 6 nitrogen and oxygen atoms in total. The number of rotatable bonds is 7. The molecule has 0 spiro atoms. The van der Waals surface area contributed by atoms with Crippen molar-refractivity contribution in [3.8, 4) is 17.9 Å². The van der Waals surface area contributed by atoms with E-state index in [0.29, 0.717) is 18.1 Å². The first-order chi connectivity index (χ1) is 12.7. The predicted molar refractivity (Wildman–Crippen MR) is 105 cm³/mol.